The molecule has 0 fully saturated rings. The van der Waals surface area contributed by atoms with Crippen LogP contribution in [0.4, 0.5) is 8.78 Å². The Balaban J connectivity index is 2.24. The van der Waals surface area contributed by atoms with Crippen molar-refractivity contribution in [3.05, 3.63) is 29.6 Å². The molecule has 11 heteroatoms. The molecule has 0 spiro atoms. The number of hydrogen-bond donors (Lipinski definition) is 1. The first-order valence-electron chi connectivity index (χ1n) is 5.15. The first-order valence-corrected chi connectivity index (χ1v) is 6.70. The molecule has 0 radical (unpaired) electrons. The second-order valence-corrected chi connectivity index (χ2v) is 5.25. The molecule has 1 aromatic carbocycles. The Morgan fingerprint density at radius 2 is 2.05 bits per heavy atom. The van der Waals surface area contributed by atoms with E-state index in [2.05, 4.69) is 15.4 Å². The molecule has 0 unspecified atom stereocenters. The Bertz CT molecular complexity index is 746. The molecule has 0 aliphatic rings. The SMILES string of the molecule is Cn1nnc(COc2ccc(S(N)(=O)=O)c(F)c2F)n1. The van der Waals surface area contributed by atoms with Crippen LogP contribution in [0.1, 0.15) is 5.82 Å². The summed E-state index contributed by atoms with van der Waals surface area (Å²) in [4.78, 5) is 0.222. The highest BCUT2D eigenvalue weighted by Gasteiger charge is 2.21. The van der Waals surface area contributed by atoms with Crippen LogP contribution in [-0.4, -0.2) is 28.6 Å². The summed E-state index contributed by atoms with van der Waals surface area (Å²) in [5, 5.41) is 15.6. The molecule has 0 aliphatic carbocycles. The fraction of sp³-hybridized carbons (Fsp3) is 0.222. The van der Waals surface area contributed by atoms with Gasteiger partial charge >= 0.3 is 0 Å². The minimum atomic E-state index is -4.35. The monoisotopic (exact) mass is 305 g/mol. The number of halogens is 2. The minimum Gasteiger partial charge on any atom is -0.482 e. The van der Waals surface area contributed by atoms with Crippen molar-refractivity contribution < 1.29 is 21.9 Å². The molecule has 0 atom stereocenters. The van der Waals surface area contributed by atoms with Crippen LogP contribution in [-0.2, 0) is 23.7 Å². The van der Waals surface area contributed by atoms with E-state index in [0.717, 1.165) is 12.1 Å². The number of benzene rings is 1. The lowest BCUT2D eigenvalue weighted by molar-refractivity contribution is 0.274. The van der Waals surface area contributed by atoms with Crippen LogP contribution in [0.25, 0.3) is 0 Å². The summed E-state index contributed by atoms with van der Waals surface area (Å²) in [5.74, 6) is -3.39. The van der Waals surface area contributed by atoms with Gasteiger partial charge < -0.3 is 4.74 Å². The summed E-state index contributed by atoms with van der Waals surface area (Å²) in [6, 6.07) is 1.77. The predicted octanol–water partition coefficient (Wildman–Crippen LogP) is -0.285. The minimum absolute atomic E-state index is 0.155. The van der Waals surface area contributed by atoms with Gasteiger partial charge in [-0.1, -0.05) is 0 Å². The van der Waals surface area contributed by atoms with E-state index in [1.807, 2.05) is 0 Å². The molecule has 1 heterocycles. The van der Waals surface area contributed by atoms with Gasteiger partial charge in [-0.15, -0.1) is 10.2 Å². The number of aryl methyl sites for hydroxylation is 1. The van der Waals surface area contributed by atoms with Crippen molar-refractivity contribution in [2.45, 2.75) is 11.5 Å². The number of ether oxygens (including phenoxy) is 1. The highest BCUT2D eigenvalue weighted by Crippen LogP contribution is 2.25. The Morgan fingerprint density at radius 1 is 1.35 bits per heavy atom. The lowest BCUT2D eigenvalue weighted by Crippen LogP contribution is -2.15. The maximum Gasteiger partial charge on any atom is 0.241 e. The van der Waals surface area contributed by atoms with E-state index in [1.54, 1.807) is 0 Å². The third kappa shape index (κ3) is 2.88. The van der Waals surface area contributed by atoms with Crippen LogP contribution in [0.3, 0.4) is 0 Å². The molecule has 8 nitrogen and oxygen atoms in total. The summed E-state index contributed by atoms with van der Waals surface area (Å²) in [6.45, 7) is -0.251. The van der Waals surface area contributed by atoms with Gasteiger partial charge in [-0.05, 0) is 17.3 Å². The third-order valence-corrected chi connectivity index (χ3v) is 3.15. The fourth-order valence-corrected chi connectivity index (χ4v) is 1.97. The van der Waals surface area contributed by atoms with Crippen LogP contribution in [0.2, 0.25) is 0 Å². The average Bonchev–Trinajstić information content (AvgIpc) is 2.75. The van der Waals surface area contributed by atoms with E-state index >= 15 is 0 Å². The number of nitrogens with zero attached hydrogens (tertiary/aromatic N) is 4. The number of sulfonamides is 1. The predicted molar refractivity (Wildman–Crippen MR) is 60.9 cm³/mol. The van der Waals surface area contributed by atoms with Crippen molar-refractivity contribution in [1.29, 1.82) is 0 Å². The molecule has 0 saturated carbocycles. The van der Waals surface area contributed by atoms with Gasteiger partial charge in [0.25, 0.3) is 0 Å². The molecule has 2 N–H and O–H groups in total. The molecule has 108 valence electrons. The molecule has 2 rings (SSSR count). The lowest BCUT2D eigenvalue weighted by atomic mass is 10.3. The number of tetrazole rings is 1. The normalized spacial score (nSPS) is 11.6. The molecule has 0 saturated heterocycles. The molecule has 0 aliphatic heterocycles. The van der Waals surface area contributed by atoms with Gasteiger partial charge in [-0.25, -0.2) is 17.9 Å². The smallest absolute Gasteiger partial charge is 0.241 e. The largest absolute Gasteiger partial charge is 0.482 e. The van der Waals surface area contributed by atoms with E-state index in [0.29, 0.717) is 0 Å². The van der Waals surface area contributed by atoms with Crippen molar-refractivity contribution >= 4 is 10.0 Å². The van der Waals surface area contributed by atoms with Crippen molar-refractivity contribution in [1.82, 2.24) is 20.2 Å². The summed E-state index contributed by atoms with van der Waals surface area (Å²) in [7, 11) is -2.82. The van der Waals surface area contributed by atoms with Gasteiger partial charge in [0.05, 0.1) is 7.05 Å². The first-order chi connectivity index (χ1) is 9.29. The maximum absolute atomic E-state index is 13.6. The number of nitrogens with two attached hydrogens (primary N) is 1. The number of hydrogen-bond acceptors (Lipinski definition) is 6. The summed E-state index contributed by atoms with van der Waals surface area (Å²) in [5.41, 5.74) is 0. The maximum atomic E-state index is 13.6. The topological polar surface area (TPSA) is 113 Å². The second-order valence-electron chi connectivity index (χ2n) is 3.72. The number of aromatic nitrogens is 4. The van der Waals surface area contributed by atoms with Gasteiger partial charge in [-0.3, -0.25) is 0 Å². The van der Waals surface area contributed by atoms with Crippen molar-refractivity contribution in [3.63, 3.8) is 0 Å². The van der Waals surface area contributed by atoms with Gasteiger partial charge in [0.15, 0.2) is 18.2 Å². The number of primary sulfonamides is 1. The molecule has 20 heavy (non-hydrogen) atoms. The Labute approximate surface area is 112 Å². The third-order valence-electron chi connectivity index (χ3n) is 2.22. The molecule has 1 aromatic heterocycles. The van der Waals surface area contributed by atoms with E-state index in [9.17, 15) is 17.2 Å². The van der Waals surface area contributed by atoms with Gasteiger partial charge in [0, 0.05) is 0 Å². The Hall–Kier alpha value is -2.14. The average molecular weight is 305 g/mol. The highest BCUT2D eigenvalue weighted by molar-refractivity contribution is 7.89. The second kappa shape index (κ2) is 5.09. The summed E-state index contributed by atoms with van der Waals surface area (Å²) < 4.78 is 54.1. The van der Waals surface area contributed by atoms with Crippen LogP contribution in [0, 0.1) is 11.6 Å². The zero-order valence-electron chi connectivity index (χ0n) is 10.1. The molecule has 0 bridgehead atoms. The number of rotatable bonds is 4. The highest BCUT2D eigenvalue weighted by atomic mass is 32.2. The first kappa shape index (κ1) is 14.3. The molecular formula is C9H9F2N5O3S. The van der Waals surface area contributed by atoms with Crippen molar-refractivity contribution in [2.24, 2.45) is 12.2 Å². The van der Waals surface area contributed by atoms with E-state index in [4.69, 9.17) is 9.88 Å². The zero-order valence-corrected chi connectivity index (χ0v) is 10.9. The van der Waals surface area contributed by atoms with Crippen LogP contribution in [0.15, 0.2) is 17.0 Å². The van der Waals surface area contributed by atoms with Crippen molar-refractivity contribution in [3.8, 4) is 5.75 Å². The van der Waals surface area contributed by atoms with Gasteiger partial charge in [0.2, 0.25) is 21.7 Å². The van der Waals surface area contributed by atoms with E-state index in [-0.39, 0.29) is 12.4 Å². The van der Waals surface area contributed by atoms with Crippen molar-refractivity contribution in [2.75, 3.05) is 0 Å². The van der Waals surface area contributed by atoms with Crippen LogP contribution < -0.4 is 9.88 Å². The Kier molecular flexibility index (Phi) is 3.63. The zero-order chi connectivity index (χ0) is 14.9. The quantitative estimate of drug-likeness (QED) is 0.830. The van der Waals surface area contributed by atoms with Crippen LogP contribution >= 0.6 is 0 Å². The molecular weight excluding hydrogens is 296 g/mol. The van der Waals surface area contributed by atoms with Gasteiger partial charge in [-0.2, -0.15) is 9.19 Å². The lowest BCUT2D eigenvalue weighted by Gasteiger charge is -2.07. The Morgan fingerprint density at radius 3 is 2.60 bits per heavy atom. The van der Waals surface area contributed by atoms with E-state index in [1.165, 1.54) is 11.8 Å². The summed E-state index contributed by atoms with van der Waals surface area (Å²) in [6.07, 6.45) is 0. The fourth-order valence-electron chi connectivity index (χ4n) is 1.37. The van der Waals surface area contributed by atoms with E-state index < -0.39 is 32.3 Å². The standard InChI is InChI=1S/C9H9F2N5O3S/c1-16-14-7(13-15-16)4-19-5-2-3-6(20(12,17)18)9(11)8(5)10/h2-3H,4H2,1H3,(H2,12,17,18). The van der Waals surface area contributed by atoms with Gasteiger partial charge in [0.1, 0.15) is 4.90 Å². The molecule has 2 aromatic rings. The summed E-state index contributed by atoms with van der Waals surface area (Å²) >= 11 is 0. The molecule has 0 amide bonds. The van der Waals surface area contributed by atoms with Crippen LogP contribution in [0.5, 0.6) is 5.75 Å².